The van der Waals surface area contributed by atoms with Gasteiger partial charge in [-0.3, -0.25) is 4.90 Å². The van der Waals surface area contributed by atoms with E-state index in [0.29, 0.717) is 0 Å². The molecule has 2 aliphatic rings. The molecule has 4 nitrogen and oxygen atoms in total. The average Bonchev–Trinajstić information content (AvgIpc) is 3.24. The van der Waals surface area contributed by atoms with Crippen LogP contribution in [0.3, 0.4) is 0 Å². The van der Waals surface area contributed by atoms with Crippen LogP contribution in [0.1, 0.15) is 42.4 Å². The molecule has 0 amide bonds. The van der Waals surface area contributed by atoms with Gasteiger partial charge in [0, 0.05) is 55.9 Å². The fraction of sp³-hybridized carbons (Fsp3) is 0.520. The molecule has 0 spiro atoms. The summed E-state index contributed by atoms with van der Waals surface area (Å²) in [5.41, 5.74) is 3.01. The van der Waals surface area contributed by atoms with Crippen LogP contribution in [0.5, 0.6) is 5.75 Å². The van der Waals surface area contributed by atoms with Crippen molar-refractivity contribution >= 4 is 0 Å². The first-order valence-electron chi connectivity index (χ1n) is 11.2. The molecule has 1 heterocycles. The Morgan fingerprint density at radius 2 is 1.77 bits per heavy atom. The largest absolute Gasteiger partial charge is 0.496 e. The molecule has 0 aromatic heterocycles. The molecule has 4 rings (SSSR count). The maximum Gasteiger partial charge on any atom is 0.128 e. The number of nitrogens with one attached hydrogen (secondary N) is 1. The number of likely N-dealkylation sites (N-methyl/N-ethyl adjacent to an activating group) is 1. The minimum atomic E-state index is -0.261. The summed E-state index contributed by atoms with van der Waals surface area (Å²) in [6.07, 6.45) is 4.24. The lowest BCUT2D eigenvalue weighted by Gasteiger charge is -2.33. The lowest BCUT2D eigenvalue weighted by Crippen LogP contribution is -2.44. The monoisotopic (exact) mass is 411 g/mol. The van der Waals surface area contributed by atoms with Crippen LogP contribution in [0, 0.1) is 5.82 Å². The van der Waals surface area contributed by atoms with Crippen LogP contribution in [0.2, 0.25) is 0 Å². The van der Waals surface area contributed by atoms with Crippen molar-refractivity contribution in [2.45, 2.75) is 44.3 Å². The van der Waals surface area contributed by atoms with Gasteiger partial charge in [-0.25, -0.2) is 4.39 Å². The van der Waals surface area contributed by atoms with E-state index in [9.17, 15) is 4.39 Å². The molecule has 0 bridgehead atoms. The van der Waals surface area contributed by atoms with E-state index < -0.39 is 0 Å². The van der Waals surface area contributed by atoms with E-state index in [0.717, 1.165) is 76.3 Å². The predicted molar refractivity (Wildman–Crippen MR) is 119 cm³/mol. The summed E-state index contributed by atoms with van der Waals surface area (Å²) >= 11 is 0. The molecule has 0 radical (unpaired) electrons. The first kappa shape index (κ1) is 21.3. The predicted octanol–water partition coefficient (Wildman–Crippen LogP) is 4.14. The number of methoxy groups -OCH3 is 1. The molecule has 1 saturated heterocycles. The van der Waals surface area contributed by atoms with Gasteiger partial charge in [0.25, 0.3) is 0 Å². The van der Waals surface area contributed by atoms with E-state index >= 15 is 0 Å². The summed E-state index contributed by atoms with van der Waals surface area (Å²) in [5, 5.41) is 3.74. The van der Waals surface area contributed by atoms with E-state index in [-0.39, 0.29) is 11.4 Å². The fourth-order valence-corrected chi connectivity index (χ4v) is 4.95. The molecule has 2 aromatic carbocycles. The summed E-state index contributed by atoms with van der Waals surface area (Å²) in [4.78, 5) is 4.87. The Morgan fingerprint density at radius 1 is 1.03 bits per heavy atom. The Morgan fingerprint density at radius 3 is 2.47 bits per heavy atom. The third-order valence-electron chi connectivity index (χ3n) is 6.81. The molecule has 5 heteroatoms. The topological polar surface area (TPSA) is 27.7 Å². The molecule has 1 saturated carbocycles. The van der Waals surface area contributed by atoms with E-state index in [1.54, 1.807) is 19.2 Å². The smallest absolute Gasteiger partial charge is 0.128 e. The Kier molecular flexibility index (Phi) is 6.71. The SMILES string of the molecule is COc1ccc(CNC2(c3ccccc3F)CCCC2)cc1CN1CCN(C)CC1. The standard InChI is InChI=1S/C25H34FN3O/c1-28-13-15-29(16-14-28)19-21-17-20(9-10-24(21)30-2)18-27-25(11-5-6-12-25)22-7-3-4-8-23(22)26/h3-4,7-10,17,27H,5-6,11-16,18-19H2,1-2H3. The van der Waals surface area contributed by atoms with E-state index in [1.165, 1.54) is 11.1 Å². The van der Waals surface area contributed by atoms with Gasteiger partial charge in [-0.05, 0) is 43.7 Å². The van der Waals surface area contributed by atoms with Crippen molar-refractivity contribution in [2.75, 3.05) is 40.3 Å². The molecule has 1 aliphatic heterocycles. The van der Waals surface area contributed by atoms with Gasteiger partial charge < -0.3 is 15.0 Å². The molecular weight excluding hydrogens is 377 g/mol. The maximum absolute atomic E-state index is 14.6. The van der Waals surface area contributed by atoms with Crippen molar-refractivity contribution in [3.05, 3.63) is 65.0 Å². The van der Waals surface area contributed by atoms with Gasteiger partial charge in [0.2, 0.25) is 0 Å². The third kappa shape index (κ3) is 4.69. The van der Waals surface area contributed by atoms with Gasteiger partial charge >= 0.3 is 0 Å². The number of ether oxygens (including phenoxy) is 1. The molecule has 2 aromatic rings. The lowest BCUT2D eigenvalue weighted by molar-refractivity contribution is 0.147. The maximum atomic E-state index is 14.6. The zero-order valence-electron chi connectivity index (χ0n) is 18.3. The highest BCUT2D eigenvalue weighted by atomic mass is 19.1. The molecule has 0 unspecified atom stereocenters. The Balaban J connectivity index is 1.49. The Hall–Kier alpha value is -1.95. The third-order valence-corrected chi connectivity index (χ3v) is 6.81. The number of rotatable bonds is 7. The van der Waals surface area contributed by atoms with Crippen molar-refractivity contribution in [1.29, 1.82) is 0 Å². The van der Waals surface area contributed by atoms with Crippen molar-refractivity contribution in [3.8, 4) is 5.75 Å². The van der Waals surface area contributed by atoms with Crippen LogP contribution in [-0.4, -0.2) is 50.1 Å². The molecule has 2 fully saturated rings. The molecule has 1 aliphatic carbocycles. The second kappa shape index (κ2) is 9.46. The van der Waals surface area contributed by atoms with Crippen LogP contribution in [0.4, 0.5) is 4.39 Å². The van der Waals surface area contributed by atoms with Gasteiger partial charge in [0.1, 0.15) is 11.6 Å². The summed E-state index contributed by atoms with van der Waals surface area (Å²) < 4.78 is 20.2. The van der Waals surface area contributed by atoms with Crippen molar-refractivity contribution in [3.63, 3.8) is 0 Å². The summed E-state index contributed by atoms with van der Waals surface area (Å²) in [7, 11) is 3.92. The number of benzene rings is 2. The summed E-state index contributed by atoms with van der Waals surface area (Å²) in [6, 6.07) is 13.7. The first-order valence-corrected chi connectivity index (χ1v) is 11.2. The van der Waals surface area contributed by atoms with Crippen LogP contribution >= 0.6 is 0 Å². The number of hydrogen-bond donors (Lipinski definition) is 1. The molecular formula is C25H34FN3O. The molecule has 162 valence electrons. The van der Waals surface area contributed by atoms with E-state index in [4.69, 9.17) is 4.74 Å². The zero-order chi connectivity index (χ0) is 21.0. The van der Waals surface area contributed by atoms with Gasteiger partial charge in [-0.2, -0.15) is 0 Å². The minimum Gasteiger partial charge on any atom is -0.496 e. The number of piperazine rings is 1. The Labute approximate surface area is 180 Å². The fourth-order valence-electron chi connectivity index (χ4n) is 4.95. The van der Waals surface area contributed by atoms with E-state index in [2.05, 4.69) is 40.4 Å². The average molecular weight is 412 g/mol. The lowest BCUT2D eigenvalue weighted by atomic mass is 9.87. The second-order valence-corrected chi connectivity index (χ2v) is 8.85. The molecule has 0 atom stereocenters. The summed E-state index contributed by atoms with van der Waals surface area (Å²) in [5.74, 6) is 0.847. The van der Waals surface area contributed by atoms with E-state index in [1.807, 2.05) is 12.1 Å². The van der Waals surface area contributed by atoms with Gasteiger partial charge in [0.05, 0.1) is 7.11 Å². The highest BCUT2D eigenvalue weighted by Crippen LogP contribution is 2.40. The number of halogens is 1. The zero-order valence-corrected chi connectivity index (χ0v) is 18.3. The number of nitrogens with zero attached hydrogens (tertiary/aromatic N) is 2. The number of hydrogen-bond acceptors (Lipinski definition) is 4. The van der Waals surface area contributed by atoms with Crippen LogP contribution in [-0.2, 0) is 18.6 Å². The minimum absolute atomic E-state index is 0.0996. The molecule has 30 heavy (non-hydrogen) atoms. The van der Waals surface area contributed by atoms with Crippen molar-refractivity contribution < 1.29 is 9.13 Å². The highest BCUT2D eigenvalue weighted by Gasteiger charge is 2.37. The van der Waals surface area contributed by atoms with Gasteiger partial charge in [-0.1, -0.05) is 37.1 Å². The van der Waals surface area contributed by atoms with Gasteiger partial charge in [-0.15, -0.1) is 0 Å². The Bertz CT molecular complexity index is 842. The normalized spacial score (nSPS) is 19.8. The second-order valence-electron chi connectivity index (χ2n) is 8.85. The highest BCUT2D eigenvalue weighted by molar-refractivity contribution is 5.38. The van der Waals surface area contributed by atoms with Crippen LogP contribution in [0.15, 0.2) is 42.5 Å². The first-order chi connectivity index (χ1) is 14.6. The quantitative estimate of drug-likeness (QED) is 0.741. The van der Waals surface area contributed by atoms with Gasteiger partial charge in [0.15, 0.2) is 0 Å². The summed E-state index contributed by atoms with van der Waals surface area (Å²) in [6.45, 7) is 6.01. The van der Waals surface area contributed by atoms with Crippen molar-refractivity contribution in [2.24, 2.45) is 0 Å². The van der Waals surface area contributed by atoms with Crippen LogP contribution < -0.4 is 10.1 Å². The van der Waals surface area contributed by atoms with Crippen molar-refractivity contribution in [1.82, 2.24) is 15.1 Å². The van der Waals surface area contributed by atoms with Crippen LogP contribution in [0.25, 0.3) is 0 Å². The molecule has 1 N–H and O–H groups in total.